The minimum Gasteiger partial charge on any atom is -0.493 e. The van der Waals surface area contributed by atoms with Crippen LogP contribution in [0, 0.1) is 5.41 Å². The van der Waals surface area contributed by atoms with Crippen LogP contribution in [-0.4, -0.2) is 69.3 Å². The van der Waals surface area contributed by atoms with Gasteiger partial charge in [0.15, 0.2) is 25.9 Å². The average Bonchev–Trinajstić information content (AvgIpc) is 2.93. The molecule has 2 fully saturated rings. The van der Waals surface area contributed by atoms with Crippen LogP contribution in [0.15, 0.2) is 24.8 Å². The molecule has 1 amide bonds. The van der Waals surface area contributed by atoms with Crippen molar-refractivity contribution in [1.82, 2.24) is 4.90 Å². The highest BCUT2D eigenvalue weighted by Gasteiger charge is 2.89. The van der Waals surface area contributed by atoms with Gasteiger partial charge in [0.1, 0.15) is 16.6 Å². The second kappa shape index (κ2) is 7.58. The highest BCUT2D eigenvalue weighted by Crippen LogP contribution is 2.74. The van der Waals surface area contributed by atoms with Crippen LogP contribution in [0.4, 0.5) is 0 Å². The fourth-order valence-corrected chi connectivity index (χ4v) is 7.72. The summed E-state index contributed by atoms with van der Waals surface area (Å²) in [5.74, 6) is -0.0710. The van der Waals surface area contributed by atoms with Gasteiger partial charge in [-0.1, -0.05) is 6.08 Å². The number of hydrogen-bond acceptors (Lipinski definition) is 7. The Kier molecular flexibility index (Phi) is 5.46. The van der Waals surface area contributed by atoms with E-state index in [4.69, 9.17) is 18.6 Å². The number of carbonyl (C=O) groups is 2. The summed E-state index contributed by atoms with van der Waals surface area (Å²) in [5.41, 5.74) is -2.30. The highest BCUT2D eigenvalue weighted by molar-refractivity contribution is 6.69. The maximum atomic E-state index is 13.6. The molecule has 1 aliphatic carbocycles. The molecule has 1 unspecified atom stereocenters. The number of nitrogens with zero attached hydrogens (tertiary/aromatic N) is 1. The largest absolute Gasteiger partial charge is 0.493 e. The van der Waals surface area contributed by atoms with Crippen LogP contribution >= 0.6 is 0 Å². The highest BCUT2D eigenvalue weighted by atomic mass is 28.4. The van der Waals surface area contributed by atoms with E-state index in [1.54, 1.807) is 25.0 Å². The monoisotopic (exact) mass is 475 g/mol. The number of ether oxygens (including phenoxy) is 3. The number of esters is 1. The van der Waals surface area contributed by atoms with Crippen molar-refractivity contribution in [1.29, 1.82) is 0 Å². The van der Waals surface area contributed by atoms with Crippen LogP contribution in [0.1, 0.15) is 24.5 Å². The summed E-state index contributed by atoms with van der Waals surface area (Å²) in [7, 11) is 0.887. The van der Waals surface area contributed by atoms with Gasteiger partial charge in [0.25, 0.3) is 5.91 Å². The molecule has 9 heteroatoms. The normalized spacial score (nSPS) is 32.3. The first kappa shape index (κ1) is 23.8. The standard InChI is InChI=1S/C24H33NO7Si/c1-8-22(32-33(5,6)7)14-23(21(28)31-9-2)19(26)20(27)25-11-10-15-12-17(29-3)18(30-4)13-16(15)24(22,23)25/h8,12-13,19,26H,1,9-11,14H2,2-7H3/t19?,22-,23-,24-/m0/s1. The van der Waals surface area contributed by atoms with Crippen molar-refractivity contribution >= 4 is 20.2 Å². The number of aliphatic hydroxyl groups is 1. The Morgan fingerprint density at radius 1 is 1.27 bits per heavy atom. The van der Waals surface area contributed by atoms with Crippen LogP contribution in [0.2, 0.25) is 19.6 Å². The molecule has 2 heterocycles. The van der Waals surface area contributed by atoms with Crippen LogP contribution in [-0.2, 0) is 30.7 Å². The van der Waals surface area contributed by atoms with Crippen molar-refractivity contribution in [2.45, 2.75) is 56.7 Å². The van der Waals surface area contributed by atoms with Gasteiger partial charge in [0.05, 0.1) is 20.8 Å². The SMILES string of the molecule is C=C[C@]1(O[Si](C)(C)C)C[C@@]2(C(=O)OCC)C(O)C(=O)N3CCc4cc(OC)c(OC)cc4[C@]312. The topological polar surface area (TPSA) is 94.5 Å². The van der Waals surface area contributed by atoms with E-state index in [-0.39, 0.29) is 13.0 Å². The van der Waals surface area contributed by atoms with Crippen LogP contribution in [0.25, 0.3) is 0 Å². The molecule has 4 rings (SSSR count). The molecule has 4 atom stereocenters. The molecule has 1 N–H and O–H groups in total. The first-order valence-corrected chi connectivity index (χ1v) is 14.7. The second-order valence-corrected chi connectivity index (χ2v) is 14.3. The predicted molar refractivity (Wildman–Crippen MR) is 124 cm³/mol. The van der Waals surface area contributed by atoms with Gasteiger partial charge in [0.2, 0.25) is 0 Å². The number of amides is 1. The Balaban J connectivity index is 2.10. The lowest BCUT2D eigenvalue weighted by atomic mass is 9.42. The van der Waals surface area contributed by atoms with Gasteiger partial charge in [-0.05, 0) is 56.2 Å². The quantitative estimate of drug-likeness (QED) is 0.368. The Bertz CT molecular complexity index is 1020. The average molecular weight is 476 g/mol. The summed E-state index contributed by atoms with van der Waals surface area (Å²) in [6, 6.07) is 3.69. The molecule has 0 bridgehead atoms. The van der Waals surface area contributed by atoms with Gasteiger partial charge in [-0.3, -0.25) is 9.59 Å². The smallest absolute Gasteiger partial charge is 0.318 e. The van der Waals surface area contributed by atoms with E-state index in [0.29, 0.717) is 30.0 Å². The molecule has 180 valence electrons. The van der Waals surface area contributed by atoms with E-state index in [1.165, 1.54) is 7.11 Å². The van der Waals surface area contributed by atoms with E-state index in [2.05, 4.69) is 26.2 Å². The molecule has 0 aromatic heterocycles. The lowest BCUT2D eigenvalue weighted by molar-refractivity contribution is -0.245. The molecule has 1 saturated carbocycles. The maximum Gasteiger partial charge on any atom is 0.318 e. The zero-order chi connectivity index (χ0) is 24.4. The Hall–Kier alpha value is -2.36. The van der Waals surface area contributed by atoms with Crippen molar-refractivity contribution in [2.24, 2.45) is 5.41 Å². The van der Waals surface area contributed by atoms with Crippen LogP contribution in [0.5, 0.6) is 11.5 Å². The summed E-state index contributed by atoms with van der Waals surface area (Å²) < 4.78 is 23.3. The molecule has 1 aromatic carbocycles. The summed E-state index contributed by atoms with van der Waals surface area (Å²) in [6.45, 7) is 12.4. The fourth-order valence-electron chi connectivity index (χ4n) is 6.33. The van der Waals surface area contributed by atoms with Crippen molar-refractivity contribution in [2.75, 3.05) is 27.4 Å². The van der Waals surface area contributed by atoms with E-state index >= 15 is 0 Å². The van der Waals surface area contributed by atoms with Gasteiger partial charge in [-0.15, -0.1) is 6.58 Å². The van der Waals surface area contributed by atoms with E-state index in [1.807, 2.05) is 12.1 Å². The molecule has 8 nitrogen and oxygen atoms in total. The molecular formula is C24H33NO7Si. The van der Waals surface area contributed by atoms with Gasteiger partial charge in [-0.25, -0.2) is 0 Å². The lowest BCUT2D eigenvalue weighted by Gasteiger charge is -2.69. The van der Waals surface area contributed by atoms with Crippen molar-refractivity contribution < 1.29 is 33.3 Å². The zero-order valence-electron chi connectivity index (χ0n) is 20.2. The number of methoxy groups -OCH3 is 2. The molecular weight excluding hydrogens is 442 g/mol. The van der Waals surface area contributed by atoms with Gasteiger partial charge in [0, 0.05) is 13.0 Å². The third-order valence-electron chi connectivity index (χ3n) is 7.23. The molecule has 3 aliphatic rings. The lowest BCUT2D eigenvalue weighted by Crippen LogP contribution is -2.81. The van der Waals surface area contributed by atoms with E-state index in [0.717, 1.165) is 5.56 Å². The Morgan fingerprint density at radius 2 is 1.91 bits per heavy atom. The summed E-state index contributed by atoms with van der Waals surface area (Å²) in [4.78, 5) is 28.7. The molecule has 0 radical (unpaired) electrons. The van der Waals surface area contributed by atoms with E-state index in [9.17, 15) is 14.7 Å². The van der Waals surface area contributed by atoms with Crippen molar-refractivity contribution in [3.05, 3.63) is 35.9 Å². The number of aliphatic hydroxyl groups excluding tert-OH is 1. The Morgan fingerprint density at radius 3 is 2.45 bits per heavy atom. The number of fused-ring (bicyclic) bond motifs is 1. The molecule has 2 aliphatic heterocycles. The van der Waals surface area contributed by atoms with Crippen molar-refractivity contribution in [3.8, 4) is 11.5 Å². The minimum absolute atomic E-state index is 0.101. The van der Waals surface area contributed by atoms with Crippen LogP contribution in [0.3, 0.4) is 0 Å². The van der Waals surface area contributed by atoms with E-state index < -0.39 is 42.9 Å². The minimum atomic E-state index is -2.21. The van der Waals surface area contributed by atoms with Gasteiger partial charge < -0.3 is 28.6 Å². The number of hydrogen-bond donors (Lipinski definition) is 1. The zero-order valence-corrected chi connectivity index (χ0v) is 21.2. The summed E-state index contributed by atoms with van der Waals surface area (Å²) >= 11 is 0. The number of carbonyl (C=O) groups excluding carboxylic acids is 2. The summed E-state index contributed by atoms with van der Waals surface area (Å²) in [5, 5.41) is 11.3. The maximum absolute atomic E-state index is 13.6. The third kappa shape index (κ3) is 2.76. The first-order valence-electron chi connectivity index (χ1n) is 11.3. The number of rotatable bonds is 7. The Labute approximate surface area is 195 Å². The second-order valence-electron chi connectivity index (χ2n) is 9.89. The van der Waals surface area contributed by atoms with Crippen LogP contribution < -0.4 is 9.47 Å². The first-order chi connectivity index (χ1) is 15.5. The molecule has 1 saturated heterocycles. The van der Waals surface area contributed by atoms with Gasteiger partial charge >= 0.3 is 5.97 Å². The molecule has 33 heavy (non-hydrogen) atoms. The molecule has 1 spiro atoms. The van der Waals surface area contributed by atoms with Crippen molar-refractivity contribution in [3.63, 3.8) is 0 Å². The number of benzene rings is 1. The fraction of sp³-hybridized carbons (Fsp3) is 0.583. The van der Waals surface area contributed by atoms with Gasteiger partial charge in [-0.2, -0.15) is 0 Å². The molecule has 1 aromatic rings. The predicted octanol–water partition coefficient (Wildman–Crippen LogP) is 2.39. The third-order valence-corrected chi connectivity index (χ3v) is 8.21. The summed E-state index contributed by atoms with van der Waals surface area (Å²) in [6.07, 6.45) is 0.792.